The lowest BCUT2D eigenvalue weighted by atomic mass is 9.80. The highest BCUT2D eigenvalue weighted by atomic mass is 16.5. The highest BCUT2D eigenvalue weighted by molar-refractivity contribution is 5.99. The SMILES string of the molecule is CCOC(=O)C(CC)(CCCCCCO)C(=O)O. The van der Waals surface area contributed by atoms with Crippen molar-refractivity contribution in [3.05, 3.63) is 0 Å². The fourth-order valence-electron chi connectivity index (χ4n) is 1.93. The van der Waals surface area contributed by atoms with Gasteiger partial charge in [0, 0.05) is 6.61 Å². The van der Waals surface area contributed by atoms with E-state index in [0.717, 1.165) is 12.8 Å². The maximum Gasteiger partial charge on any atom is 0.323 e. The Hall–Kier alpha value is -1.10. The molecule has 1 atom stereocenters. The number of carboxylic acids is 1. The molecule has 0 saturated carbocycles. The van der Waals surface area contributed by atoms with Gasteiger partial charge in [0.1, 0.15) is 0 Å². The number of carbonyl (C=O) groups excluding carboxylic acids is 1. The zero-order chi connectivity index (χ0) is 14.0. The fourth-order valence-corrected chi connectivity index (χ4v) is 1.93. The van der Waals surface area contributed by atoms with E-state index in [9.17, 15) is 14.7 Å². The van der Waals surface area contributed by atoms with Crippen LogP contribution in [0.5, 0.6) is 0 Å². The number of esters is 1. The van der Waals surface area contributed by atoms with Gasteiger partial charge in [-0.3, -0.25) is 9.59 Å². The van der Waals surface area contributed by atoms with Crippen LogP contribution in [0.4, 0.5) is 0 Å². The van der Waals surface area contributed by atoms with Crippen molar-refractivity contribution in [2.75, 3.05) is 13.2 Å². The number of carbonyl (C=O) groups is 2. The molecule has 0 heterocycles. The molecule has 18 heavy (non-hydrogen) atoms. The lowest BCUT2D eigenvalue weighted by Crippen LogP contribution is -2.40. The van der Waals surface area contributed by atoms with Crippen LogP contribution < -0.4 is 0 Å². The first-order chi connectivity index (χ1) is 8.55. The van der Waals surface area contributed by atoms with Crippen molar-refractivity contribution in [3.8, 4) is 0 Å². The third-order valence-corrected chi connectivity index (χ3v) is 3.19. The van der Waals surface area contributed by atoms with Crippen molar-refractivity contribution in [1.82, 2.24) is 0 Å². The van der Waals surface area contributed by atoms with E-state index in [1.54, 1.807) is 13.8 Å². The van der Waals surface area contributed by atoms with Crippen molar-refractivity contribution in [2.24, 2.45) is 5.41 Å². The standard InChI is InChI=1S/C13H24O5/c1-3-13(11(15)16,12(17)18-4-2)9-7-5-6-8-10-14/h14H,3-10H2,1-2H3,(H,15,16). The molecular formula is C13H24O5. The Morgan fingerprint density at radius 2 is 1.72 bits per heavy atom. The second kappa shape index (κ2) is 8.91. The van der Waals surface area contributed by atoms with Crippen LogP contribution >= 0.6 is 0 Å². The summed E-state index contributed by atoms with van der Waals surface area (Å²) in [5.74, 6) is -1.74. The second-order valence-corrected chi connectivity index (χ2v) is 4.35. The van der Waals surface area contributed by atoms with Crippen molar-refractivity contribution in [2.45, 2.75) is 52.4 Å². The van der Waals surface area contributed by atoms with E-state index in [2.05, 4.69) is 0 Å². The van der Waals surface area contributed by atoms with E-state index in [1.165, 1.54) is 0 Å². The number of aliphatic hydroxyl groups is 1. The fraction of sp³-hybridized carbons (Fsp3) is 0.846. The van der Waals surface area contributed by atoms with Gasteiger partial charge in [0.2, 0.25) is 0 Å². The third kappa shape index (κ3) is 4.64. The monoisotopic (exact) mass is 260 g/mol. The van der Waals surface area contributed by atoms with Crippen LogP contribution in [0, 0.1) is 5.41 Å². The van der Waals surface area contributed by atoms with Gasteiger partial charge in [-0.25, -0.2) is 0 Å². The Morgan fingerprint density at radius 1 is 1.11 bits per heavy atom. The molecule has 1 unspecified atom stereocenters. The first-order valence-corrected chi connectivity index (χ1v) is 6.56. The molecule has 0 saturated heterocycles. The summed E-state index contributed by atoms with van der Waals surface area (Å²) in [6.07, 6.45) is 3.56. The van der Waals surface area contributed by atoms with Crippen molar-refractivity contribution in [1.29, 1.82) is 0 Å². The average Bonchev–Trinajstić information content (AvgIpc) is 2.34. The van der Waals surface area contributed by atoms with E-state index >= 15 is 0 Å². The van der Waals surface area contributed by atoms with Gasteiger partial charge in [-0.2, -0.15) is 0 Å². The molecular weight excluding hydrogens is 236 g/mol. The predicted octanol–water partition coefficient (Wildman–Crippen LogP) is 1.97. The lowest BCUT2D eigenvalue weighted by Gasteiger charge is -2.25. The molecule has 2 N–H and O–H groups in total. The van der Waals surface area contributed by atoms with E-state index in [0.29, 0.717) is 19.3 Å². The first-order valence-electron chi connectivity index (χ1n) is 6.56. The average molecular weight is 260 g/mol. The van der Waals surface area contributed by atoms with Crippen LogP contribution in [0.1, 0.15) is 52.4 Å². The molecule has 0 radical (unpaired) electrons. The molecule has 106 valence electrons. The van der Waals surface area contributed by atoms with Gasteiger partial charge >= 0.3 is 11.9 Å². The van der Waals surface area contributed by atoms with Crippen molar-refractivity contribution >= 4 is 11.9 Å². The Labute approximate surface area is 108 Å². The molecule has 0 aliphatic rings. The Balaban J connectivity index is 4.47. The summed E-state index contributed by atoms with van der Waals surface area (Å²) in [5.41, 5.74) is -1.41. The minimum absolute atomic E-state index is 0.149. The molecule has 0 aromatic carbocycles. The molecule has 0 aliphatic carbocycles. The zero-order valence-corrected chi connectivity index (χ0v) is 11.3. The minimum atomic E-state index is -1.41. The minimum Gasteiger partial charge on any atom is -0.480 e. The van der Waals surface area contributed by atoms with E-state index in [-0.39, 0.29) is 19.6 Å². The summed E-state index contributed by atoms with van der Waals surface area (Å²) in [4.78, 5) is 23.2. The third-order valence-electron chi connectivity index (χ3n) is 3.19. The Morgan fingerprint density at radius 3 is 2.17 bits per heavy atom. The molecule has 5 nitrogen and oxygen atoms in total. The number of hydrogen-bond acceptors (Lipinski definition) is 4. The molecule has 0 bridgehead atoms. The Kier molecular flexibility index (Phi) is 8.37. The molecule has 0 spiro atoms. The van der Waals surface area contributed by atoms with E-state index in [4.69, 9.17) is 9.84 Å². The number of unbranched alkanes of at least 4 members (excludes halogenated alkanes) is 3. The maximum absolute atomic E-state index is 11.8. The van der Waals surface area contributed by atoms with E-state index in [1.807, 2.05) is 0 Å². The van der Waals surface area contributed by atoms with Gasteiger partial charge in [-0.15, -0.1) is 0 Å². The summed E-state index contributed by atoms with van der Waals surface area (Å²) >= 11 is 0. The highest BCUT2D eigenvalue weighted by Gasteiger charge is 2.45. The van der Waals surface area contributed by atoms with Gasteiger partial charge in [-0.1, -0.05) is 26.2 Å². The van der Waals surface area contributed by atoms with Crippen LogP contribution in [0.2, 0.25) is 0 Å². The van der Waals surface area contributed by atoms with Gasteiger partial charge in [0.15, 0.2) is 5.41 Å². The maximum atomic E-state index is 11.8. The van der Waals surface area contributed by atoms with Crippen LogP contribution in [-0.4, -0.2) is 35.4 Å². The van der Waals surface area contributed by atoms with Crippen LogP contribution in [0.15, 0.2) is 0 Å². The lowest BCUT2D eigenvalue weighted by molar-refractivity contribution is -0.169. The summed E-state index contributed by atoms with van der Waals surface area (Å²) in [6, 6.07) is 0. The number of rotatable bonds is 10. The molecule has 0 aromatic heterocycles. The van der Waals surface area contributed by atoms with Gasteiger partial charge in [-0.05, 0) is 26.2 Å². The molecule has 0 fully saturated rings. The molecule has 0 amide bonds. The normalized spacial score (nSPS) is 13.9. The number of aliphatic carboxylic acids is 1. The number of hydrogen-bond donors (Lipinski definition) is 2. The van der Waals surface area contributed by atoms with Crippen LogP contribution in [-0.2, 0) is 14.3 Å². The largest absolute Gasteiger partial charge is 0.480 e. The van der Waals surface area contributed by atoms with Gasteiger partial charge < -0.3 is 14.9 Å². The number of carboxylic acid groups (broad SMARTS) is 1. The van der Waals surface area contributed by atoms with E-state index < -0.39 is 17.4 Å². The van der Waals surface area contributed by atoms with Gasteiger partial charge in [0.05, 0.1) is 6.61 Å². The van der Waals surface area contributed by atoms with Crippen LogP contribution in [0.25, 0.3) is 0 Å². The summed E-state index contributed by atoms with van der Waals surface area (Å²) < 4.78 is 4.88. The molecule has 0 aliphatic heterocycles. The topological polar surface area (TPSA) is 83.8 Å². The first kappa shape index (κ1) is 16.9. The molecule has 0 rings (SSSR count). The zero-order valence-electron chi connectivity index (χ0n) is 11.3. The second-order valence-electron chi connectivity index (χ2n) is 4.35. The highest BCUT2D eigenvalue weighted by Crippen LogP contribution is 2.31. The van der Waals surface area contributed by atoms with Crippen molar-refractivity contribution in [3.63, 3.8) is 0 Å². The van der Waals surface area contributed by atoms with Gasteiger partial charge in [0.25, 0.3) is 0 Å². The Bertz CT molecular complexity index is 264. The number of ether oxygens (including phenoxy) is 1. The van der Waals surface area contributed by atoms with Crippen molar-refractivity contribution < 1.29 is 24.5 Å². The quantitative estimate of drug-likeness (QED) is 0.356. The predicted molar refractivity (Wildman–Crippen MR) is 67.2 cm³/mol. The summed E-state index contributed by atoms with van der Waals surface area (Å²) in [5, 5.41) is 17.9. The van der Waals surface area contributed by atoms with Crippen LogP contribution in [0.3, 0.4) is 0 Å². The molecule has 5 heteroatoms. The summed E-state index contributed by atoms with van der Waals surface area (Å²) in [7, 11) is 0. The smallest absolute Gasteiger partial charge is 0.323 e. The number of aliphatic hydroxyl groups excluding tert-OH is 1. The molecule has 0 aromatic rings. The summed E-state index contributed by atoms with van der Waals surface area (Å²) in [6.45, 7) is 3.70.